The van der Waals surface area contributed by atoms with Crippen LogP contribution in [-0.4, -0.2) is 33.2 Å². The van der Waals surface area contributed by atoms with Gasteiger partial charge in [0, 0.05) is 29.5 Å². The van der Waals surface area contributed by atoms with E-state index >= 15 is 0 Å². The van der Waals surface area contributed by atoms with Crippen LogP contribution in [0, 0.1) is 35.3 Å². The molecule has 0 saturated heterocycles. The average molecular weight is 445 g/mol. The number of carbonyl (C=O) groups excluding carboxylic acids is 2. The van der Waals surface area contributed by atoms with Crippen LogP contribution >= 0.6 is 0 Å². The Hall–Kier alpha value is -4.78. The fourth-order valence-corrected chi connectivity index (χ4v) is 3.09. The second-order valence-corrected chi connectivity index (χ2v) is 6.92. The number of nitro groups is 1. The van der Waals surface area contributed by atoms with E-state index in [4.69, 9.17) is 10.00 Å². The first-order valence-electron chi connectivity index (χ1n) is 9.75. The number of non-ortho nitro benzene ring substituents is 1. The molecule has 0 saturated carbocycles. The predicted octanol–water partition coefficient (Wildman–Crippen LogP) is 3.46. The molecule has 10 nitrogen and oxygen atoms in total. The highest BCUT2D eigenvalue weighted by Crippen LogP contribution is 2.21. The molecule has 1 aromatic heterocycles. The summed E-state index contributed by atoms with van der Waals surface area (Å²) >= 11 is 0. The lowest BCUT2D eigenvalue weighted by Crippen LogP contribution is -2.20. The largest absolute Gasteiger partial charge is 0.452 e. The minimum atomic E-state index is -0.736. The predicted molar refractivity (Wildman–Crippen MR) is 119 cm³/mol. The number of nitro benzene ring substituents is 1. The standard InChI is InChI=1S/C23H19N5O5/c1-15-20(16(2)27(26-15)18-6-4-3-5-7-18)9-11-23(30)33-14-22(29)25-21-10-8-19(28(31)32)12-17(21)13-24/h3-12H,14H2,1-2H3,(H,25,29)/b11-9+. The van der Waals surface area contributed by atoms with Crippen molar-refractivity contribution in [1.29, 1.82) is 5.26 Å². The van der Waals surface area contributed by atoms with Gasteiger partial charge in [-0.25, -0.2) is 9.48 Å². The third-order valence-corrected chi connectivity index (χ3v) is 4.69. The monoisotopic (exact) mass is 445 g/mol. The normalized spacial score (nSPS) is 10.6. The maximum Gasteiger partial charge on any atom is 0.331 e. The zero-order valence-corrected chi connectivity index (χ0v) is 17.8. The minimum absolute atomic E-state index is 0.0786. The topological polar surface area (TPSA) is 140 Å². The molecule has 0 atom stereocenters. The lowest BCUT2D eigenvalue weighted by Gasteiger charge is -2.07. The van der Waals surface area contributed by atoms with Gasteiger partial charge in [-0.3, -0.25) is 14.9 Å². The van der Waals surface area contributed by atoms with Gasteiger partial charge >= 0.3 is 5.97 Å². The molecule has 166 valence electrons. The lowest BCUT2D eigenvalue weighted by molar-refractivity contribution is -0.384. The van der Waals surface area contributed by atoms with Crippen LogP contribution in [0.1, 0.15) is 22.5 Å². The number of amides is 1. The van der Waals surface area contributed by atoms with E-state index in [-0.39, 0.29) is 16.9 Å². The van der Waals surface area contributed by atoms with Gasteiger partial charge in [-0.05, 0) is 38.1 Å². The molecular formula is C23H19N5O5. The summed E-state index contributed by atoms with van der Waals surface area (Å²) in [5.74, 6) is -1.42. The number of esters is 1. The van der Waals surface area contributed by atoms with Gasteiger partial charge in [0.15, 0.2) is 6.61 Å². The molecule has 0 spiro atoms. The van der Waals surface area contributed by atoms with E-state index in [1.807, 2.05) is 44.2 Å². The van der Waals surface area contributed by atoms with Crippen molar-refractivity contribution in [3.63, 3.8) is 0 Å². The first-order valence-corrected chi connectivity index (χ1v) is 9.75. The Morgan fingerprint density at radius 3 is 2.64 bits per heavy atom. The number of benzene rings is 2. The Balaban J connectivity index is 1.61. The molecule has 1 amide bonds. The average Bonchev–Trinajstić information content (AvgIpc) is 3.10. The second kappa shape index (κ2) is 10.0. The number of rotatable bonds is 7. The number of nitrogens with zero attached hydrogens (tertiary/aromatic N) is 4. The zero-order valence-electron chi connectivity index (χ0n) is 17.8. The summed E-state index contributed by atoms with van der Waals surface area (Å²) in [6.45, 7) is 3.11. The van der Waals surface area contributed by atoms with E-state index in [2.05, 4.69) is 10.4 Å². The van der Waals surface area contributed by atoms with Crippen LogP contribution in [0.2, 0.25) is 0 Å². The maximum absolute atomic E-state index is 12.1. The number of hydrogen-bond acceptors (Lipinski definition) is 7. The van der Waals surface area contributed by atoms with Crippen molar-refractivity contribution in [3.8, 4) is 11.8 Å². The van der Waals surface area contributed by atoms with Crippen molar-refractivity contribution in [2.75, 3.05) is 11.9 Å². The Kier molecular flexibility index (Phi) is 6.95. The fourth-order valence-electron chi connectivity index (χ4n) is 3.09. The highest BCUT2D eigenvalue weighted by Gasteiger charge is 2.14. The minimum Gasteiger partial charge on any atom is -0.452 e. The van der Waals surface area contributed by atoms with Gasteiger partial charge in [0.25, 0.3) is 11.6 Å². The zero-order chi connectivity index (χ0) is 24.0. The summed E-state index contributed by atoms with van der Waals surface area (Å²) in [4.78, 5) is 34.3. The van der Waals surface area contributed by atoms with E-state index < -0.39 is 23.4 Å². The van der Waals surface area contributed by atoms with Gasteiger partial charge in [-0.1, -0.05) is 18.2 Å². The third-order valence-electron chi connectivity index (χ3n) is 4.69. The number of nitriles is 1. The molecule has 0 aliphatic rings. The Labute approximate surface area is 188 Å². The number of nitrogens with one attached hydrogen (secondary N) is 1. The van der Waals surface area contributed by atoms with E-state index in [0.717, 1.165) is 34.8 Å². The first-order chi connectivity index (χ1) is 15.8. The van der Waals surface area contributed by atoms with Gasteiger partial charge in [0.1, 0.15) is 6.07 Å². The van der Waals surface area contributed by atoms with Crippen LogP contribution in [0.3, 0.4) is 0 Å². The lowest BCUT2D eigenvalue weighted by atomic mass is 10.1. The molecule has 0 aliphatic carbocycles. The van der Waals surface area contributed by atoms with E-state index in [1.165, 1.54) is 12.1 Å². The van der Waals surface area contributed by atoms with Gasteiger partial charge in [-0.2, -0.15) is 10.4 Å². The number of hydrogen-bond donors (Lipinski definition) is 1. The molecule has 1 N–H and O–H groups in total. The number of aryl methyl sites for hydroxylation is 1. The highest BCUT2D eigenvalue weighted by molar-refractivity contribution is 5.95. The number of para-hydroxylation sites is 1. The van der Waals surface area contributed by atoms with E-state index in [9.17, 15) is 19.7 Å². The molecule has 0 aliphatic heterocycles. The SMILES string of the molecule is Cc1nn(-c2ccccc2)c(C)c1/C=C/C(=O)OCC(=O)Nc1ccc([N+](=O)[O-])cc1C#N. The third kappa shape index (κ3) is 5.48. The first kappa shape index (κ1) is 22.9. The molecule has 33 heavy (non-hydrogen) atoms. The van der Waals surface area contributed by atoms with Crippen molar-refractivity contribution in [1.82, 2.24) is 9.78 Å². The molecule has 3 aromatic rings. The smallest absolute Gasteiger partial charge is 0.331 e. The molecular weight excluding hydrogens is 426 g/mol. The highest BCUT2D eigenvalue weighted by atomic mass is 16.6. The Bertz CT molecular complexity index is 1290. The number of anilines is 1. The van der Waals surface area contributed by atoms with Crippen molar-refractivity contribution < 1.29 is 19.2 Å². The summed E-state index contributed by atoms with van der Waals surface area (Å²) in [6, 6.07) is 14.8. The van der Waals surface area contributed by atoms with Crippen LogP contribution in [-0.2, 0) is 14.3 Å². The van der Waals surface area contributed by atoms with Crippen LogP contribution in [0.15, 0.2) is 54.6 Å². The molecule has 0 fully saturated rings. The molecule has 10 heteroatoms. The Morgan fingerprint density at radius 2 is 1.97 bits per heavy atom. The molecule has 0 unspecified atom stereocenters. The molecule has 2 aromatic carbocycles. The van der Waals surface area contributed by atoms with E-state index in [1.54, 1.807) is 16.8 Å². The number of ether oxygens (including phenoxy) is 1. The molecule has 3 rings (SSSR count). The van der Waals surface area contributed by atoms with Crippen molar-refractivity contribution >= 4 is 29.3 Å². The van der Waals surface area contributed by atoms with Gasteiger partial charge in [0.05, 0.1) is 27.6 Å². The summed E-state index contributed by atoms with van der Waals surface area (Å²) in [7, 11) is 0. The van der Waals surface area contributed by atoms with Crippen LogP contribution in [0.5, 0.6) is 0 Å². The molecule has 0 radical (unpaired) electrons. The van der Waals surface area contributed by atoms with Gasteiger partial charge < -0.3 is 10.1 Å². The quantitative estimate of drug-likeness (QED) is 0.254. The summed E-state index contributed by atoms with van der Waals surface area (Å²) in [6.07, 6.45) is 2.77. The van der Waals surface area contributed by atoms with E-state index in [0.29, 0.717) is 0 Å². The maximum atomic E-state index is 12.1. The van der Waals surface area contributed by atoms with Crippen molar-refractivity contribution in [3.05, 3.63) is 87.2 Å². The van der Waals surface area contributed by atoms with Crippen LogP contribution in [0.25, 0.3) is 11.8 Å². The van der Waals surface area contributed by atoms with Crippen LogP contribution < -0.4 is 5.32 Å². The molecule has 1 heterocycles. The van der Waals surface area contributed by atoms with Crippen molar-refractivity contribution in [2.24, 2.45) is 0 Å². The second-order valence-electron chi connectivity index (χ2n) is 6.92. The van der Waals surface area contributed by atoms with Crippen LogP contribution in [0.4, 0.5) is 11.4 Å². The summed E-state index contributed by atoms with van der Waals surface area (Å²) < 4.78 is 6.72. The summed E-state index contributed by atoms with van der Waals surface area (Å²) in [5.41, 5.74) is 2.93. The summed E-state index contributed by atoms with van der Waals surface area (Å²) in [5, 5.41) is 26.8. The van der Waals surface area contributed by atoms with Gasteiger partial charge in [0.2, 0.25) is 0 Å². The number of carbonyl (C=O) groups is 2. The number of aromatic nitrogens is 2. The van der Waals surface area contributed by atoms with Gasteiger partial charge in [-0.15, -0.1) is 0 Å². The Morgan fingerprint density at radius 1 is 1.24 bits per heavy atom. The van der Waals surface area contributed by atoms with Crippen molar-refractivity contribution in [2.45, 2.75) is 13.8 Å². The molecule has 0 bridgehead atoms. The fraction of sp³-hybridized carbons (Fsp3) is 0.130.